The van der Waals surface area contributed by atoms with Crippen LogP contribution in [0.15, 0.2) is 24.3 Å². The standard InChI is InChI=1S/C18H27NO2/c1-15-8-10-16(11-9-15)6-2-4-12-19-18(20)14-17-7-3-5-13-21-17/h8-11,17H,2-7,12-14H2,1H3,(H,19,20). The largest absolute Gasteiger partial charge is 0.378 e. The van der Waals surface area contributed by atoms with Gasteiger partial charge >= 0.3 is 0 Å². The fraction of sp³-hybridized carbons (Fsp3) is 0.611. The molecule has 1 aromatic rings. The molecule has 3 nitrogen and oxygen atoms in total. The monoisotopic (exact) mass is 289 g/mol. The highest BCUT2D eigenvalue weighted by Gasteiger charge is 2.17. The quantitative estimate of drug-likeness (QED) is 0.781. The number of benzene rings is 1. The summed E-state index contributed by atoms with van der Waals surface area (Å²) in [4.78, 5) is 11.8. The first-order valence-corrected chi connectivity index (χ1v) is 8.18. The summed E-state index contributed by atoms with van der Waals surface area (Å²) in [5, 5.41) is 3.01. The van der Waals surface area contributed by atoms with Crippen LogP contribution in [0.4, 0.5) is 0 Å². The average molecular weight is 289 g/mol. The molecule has 2 rings (SSSR count). The maximum absolute atomic E-state index is 11.8. The Kier molecular flexibility index (Phi) is 6.74. The molecule has 1 unspecified atom stereocenters. The number of nitrogens with one attached hydrogen (secondary N) is 1. The molecule has 1 heterocycles. The molecule has 1 aliphatic heterocycles. The van der Waals surface area contributed by atoms with Crippen LogP contribution < -0.4 is 5.32 Å². The number of unbranched alkanes of at least 4 members (excludes halogenated alkanes) is 1. The van der Waals surface area contributed by atoms with E-state index < -0.39 is 0 Å². The fourth-order valence-corrected chi connectivity index (χ4v) is 2.68. The van der Waals surface area contributed by atoms with Crippen LogP contribution >= 0.6 is 0 Å². The molecule has 1 aromatic carbocycles. The van der Waals surface area contributed by atoms with E-state index >= 15 is 0 Å². The molecule has 0 radical (unpaired) electrons. The Morgan fingerprint density at radius 3 is 2.76 bits per heavy atom. The average Bonchev–Trinajstić information content (AvgIpc) is 2.50. The molecule has 1 saturated heterocycles. The summed E-state index contributed by atoms with van der Waals surface area (Å²) >= 11 is 0. The summed E-state index contributed by atoms with van der Waals surface area (Å²) in [6, 6.07) is 8.69. The van der Waals surface area contributed by atoms with E-state index in [-0.39, 0.29) is 12.0 Å². The zero-order valence-electron chi connectivity index (χ0n) is 13.1. The first-order valence-electron chi connectivity index (χ1n) is 8.18. The Morgan fingerprint density at radius 2 is 2.05 bits per heavy atom. The Labute approximate surface area is 128 Å². The second-order valence-electron chi connectivity index (χ2n) is 5.99. The summed E-state index contributed by atoms with van der Waals surface area (Å²) in [6.45, 7) is 3.70. The van der Waals surface area contributed by atoms with E-state index in [0.29, 0.717) is 6.42 Å². The Balaban J connectivity index is 1.52. The van der Waals surface area contributed by atoms with Gasteiger partial charge in [0, 0.05) is 13.2 Å². The van der Waals surface area contributed by atoms with Crippen molar-refractivity contribution < 1.29 is 9.53 Å². The number of aryl methyl sites for hydroxylation is 2. The van der Waals surface area contributed by atoms with Crippen molar-refractivity contribution in [2.24, 2.45) is 0 Å². The highest BCUT2D eigenvalue weighted by molar-refractivity contribution is 5.76. The molecule has 0 spiro atoms. The summed E-state index contributed by atoms with van der Waals surface area (Å²) < 4.78 is 5.58. The zero-order valence-corrected chi connectivity index (χ0v) is 13.1. The van der Waals surface area contributed by atoms with E-state index in [1.165, 1.54) is 17.5 Å². The minimum atomic E-state index is 0.136. The Bertz CT molecular complexity index is 421. The lowest BCUT2D eigenvalue weighted by molar-refractivity contribution is -0.124. The third-order valence-corrected chi connectivity index (χ3v) is 4.02. The lowest BCUT2D eigenvalue weighted by atomic mass is 10.1. The van der Waals surface area contributed by atoms with Crippen LogP contribution in [0.1, 0.15) is 49.7 Å². The third-order valence-electron chi connectivity index (χ3n) is 4.02. The van der Waals surface area contributed by atoms with E-state index in [4.69, 9.17) is 4.74 Å². The number of ether oxygens (including phenoxy) is 1. The maximum atomic E-state index is 11.8. The van der Waals surface area contributed by atoms with Crippen molar-refractivity contribution in [2.45, 2.75) is 58.0 Å². The molecule has 0 aliphatic carbocycles. The highest BCUT2D eigenvalue weighted by atomic mass is 16.5. The molecule has 1 aliphatic rings. The first-order chi connectivity index (χ1) is 10.2. The fourth-order valence-electron chi connectivity index (χ4n) is 2.68. The smallest absolute Gasteiger partial charge is 0.222 e. The molecule has 116 valence electrons. The lowest BCUT2D eigenvalue weighted by Gasteiger charge is -2.21. The third kappa shape index (κ3) is 6.30. The summed E-state index contributed by atoms with van der Waals surface area (Å²) in [7, 11) is 0. The predicted octanol–water partition coefficient (Wildman–Crippen LogP) is 3.39. The van der Waals surface area contributed by atoms with Crippen molar-refractivity contribution >= 4 is 5.91 Å². The Hall–Kier alpha value is -1.35. The second-order valence-corrected chi connectivity index (χ2v) is 5.99. The maximum Gasteiger partial charge on any atom is 0.222 e. The summed E-state index contributed by atoms with van der Waals surface area (Å²) in [6.07, 6.45) is 7.26. The first kappa shape index (κ1) is 16.0. The van der Waals surface area contributed by atoms with Gasteiger partial charge in [-0.1, -0.05) is 29.8 Å². The van der Waals surface area contributed by atoms with Crippen LogP contribution in [-0.2, 0) is 16.0 Å². The van der Waals surface area contributed by atoms with Gasteiger partial charge < -0.3 is 10.1 Å². The summed E-state index contributed by atoms with van der Waals surface area (Å²) in [5.74, 6) is 0.136. The highest BCUT2D eigenvalue weighted by Crippen LogP contribution is 2.15. The van der Waals surface area contributed by atoms with Crippen molar-refractivity contribution in [2.75, 3.05) is 13.2 Å². The van der Waals surface area contributed by atoms with Crippen molar-refractivity contribution in [1.82, 2.24) is 5.32 Å². The van der Waals surface area contributed by atoms with E-state index in [1.54, 1.807) is 0 Å². The van der Waals surface area contributed by atoms with Gasteiger partial charge in [0.05, 0.1) is 12.5 Å². The molecule has 1 N–H and O–H groups in total. The van der Waals surface area contributed by atoms with Crippen molar-refractivity contribution in [3.05, 3.63) is 35.4 Å². The molecule has 1 fully saturated rings. The van der Waals surface area contributed by atoms with Gasteiger partial charge in [-0.25, -0.2) is 0 Å². The Morgan fingerprint density at radius 1 is 1.24 bits per heavy atom. The lowest BCUT2D eigenvalue weighted by Crippen LogP contribution is -2.31. The minimum absolute atomic E-state index is 0.136. The van der Waals surface area contributed by atoms with E-state index in [0.717, 1.165) is 45.3 Å². The van der Waals surface area contributed by atoms with Crippen LogP contribution in [0.5, 0.6) is 0 Å². The zero-order chi connectivity index (χ0) is 14.9. The van der Waals surface area contributed by atoms with E-state index in [9.17, 15) is 4.79 Å². The van der Waals surface area contributed by atoms with Crippen LogP contribution in [0.3, 0.4) is 0 Å². The van der Waals surface area contributed by atoms with Crippen molar-refractivity contribution in [3.8, 4) is 0 Å². The molecule has 1 amide bonds. The van der Waals surface area contributed by atoms with Crippen molar-refractivity contribution in [3.63, 3.8) is 0 Å². The van der Waals surface area contributed by atoms with Gasteiger partial charge in [0.15, 0.2) is 0 Å². The number of hydrogen-bond donors (Lipinski definition) is 1. The molecule has 0 bridgehead atoms. The SMILES string of the molecule is Cc1ccc(CCCCNC(=O)CC2CCCCO2)cc1. The normalized spacial score (nSPS) is 18.4. The van der Waals surface area contributed by atoms with Gasteiger partial charge in [-0.2, -0.15) is 0 Å². The molecule has 3 heteroatoms. The number of carbonyl (C=O) groups is 1. The molecule has 21 heavy (non-hydrogen) atoms. The van der Waals surface area contributed by atoms with Crippen LogP contribution in [0, 0.1) is 6.92 Å². The van der Waals surface area contributed by atoms with Gasteiger partial charge in [0.25, 0.3) is 0 Å². The number of amides is 1. The second kappa shape index (κ2) is 8.83. The van der Waals surface area contributed by atoms with Crippen LogP contribution in [0.25, 0.3) is 0 Å². The van der Waals surface area contributed by atoms with E-state index in [2.05, 4.69) is 36.5 Å². The number of carbonyl (C=O) groups excluding carboxylic acids is 1. The van der Waals surface area contributed by atoms with Crippen LogP contribution in [-0.4, -0.2) is 25.2 Å². The van der Waals surface area contributed by atoms with Gasteiger partial charge in [-0.15, -0.1) is 0 Å². The van der Waals surface area contributed by atoms with Gasteiger partial charge in [-0.05, 0) is 51.0 Å². The number of rotatable bonds is 7. The topological polar surface area (TPSA) is 38.3 Å². The predicted molar refractivity (Wildman–Crippen MR) is 85.3 cm³/mol. The van der Waals surface area contributed by atoms with Gasteiger partial charge in [0.1, 0.15) is 0 Å². The molecular weight excluding hydrogens is 262 g/mol. The molecule has 0 aromatic heterocycles. The number of hydrogen-bond acceptors (Lipinski definition) is 2. The van der Waals surface area contributed by atoms with Crippen molar-refractivity contribution in [1.29, 1.82) is 0 Å². The van der Waals surface area contributed by atoms with Crippen LogP contribution in [0.2, 0.25) is 0 Å². The molecule has 0 saturated carbocycles. The minimum Gasteiger partial charge on any atom is -0.378 e. The molecule has 1 atom stereocenters. The molecular formula is C18H27NO2. The van der Waals surface area contributed by atoms with Gasteiger partial charge in [-0.3, -0.25) is 4.79 Å². The van der Waals surface area contributed by atoms with E-state index in [1.807, 2.05) is 0 Å². The van der Waals surface area contributed by atoms with Gasteiger partial charge in [0.2, 0.25) is 5.91 Å². The summed E-state index contributed by atoms with van der Waals surface area (Å²) in [5.41, 5.74) is 2.68.